The van der Waals surface area contributed by atoms with E-state index in [1.165, 1.54) is 0 Å². The number of allylic oxidation sites excluding steroid dienone is 1. The Morgan fingerprint density at radius 3 is 2.86 bits per heavy atom. The normalized spacial score (nSPS) is 42.4. The minimum absolute atomic E-state index is 0. The van der Waals surface area contributed by atoms with Crippen LogP contribution in [0.1, 0.15) is 19.3 Å². The van der Waals surface area contributed by atoms with Crippen LogP contribution in [0.5, 0.6) is 0 Å². The number of carbonyl (C=O) groups excluding carboxylic acids is 1. The van der Waals surface area contributed by atoms with Gasteiger partial charge in [-0.1, -0.05) is 12.2 Å². The summed E-state index contributed by atoms with van der Waals surface area (Å²) in [5.74, 6) is -1.33. The van der Waals surface area contributed by atoms with E-state index in [4.69, 9.17) is 0 Å². The number of carboxylic acids is 1. The Labute approximate surface area is 126 Å². The summed E-state index contributed by atoms with van der Waals surface area (Å²) in [7, 11) is 0. The third-order valence-electron chi connectivity index (χ3n) is 3.14. The van der Waals surface area contributed by atoms with Gasteiger partial charge in [0, 0.05) is 17.8 Å². The van der Waals surface area contributed by atoms with Crippen LogP contribution < -0.4 is 56.5 Å². The third-order valence-corrected chi connectivity index (χ3v) is 3.14. The Morgan fingerprint density at radius 1 is 1.50 bits per heavy atom. The van der Waals surface area contributed by atoms with Crippen molar-refractivity contribution in [3.8, 4) is 0 Å². The second-order valence-corrected chi connectivity index (χ2v) is 3.94. The minimum atomic E-state index is -0.996. The molecule has 2 aliphatic rings. The number of aliphatic hydroxyl groups is 1. The second kappa shape index (κ2) is 5.23. The van der Waals surface area contributed by atoms with Crippen LogP contribution in [0, 0.1) is 17.8 Å². The Bertz CT molecular complexity index is 252. The van der Waals surface area contributed by atoms with E-state index < -0.39 is 18.0 Å². The van der Waals surface area contributed by atoms with Crippen LogP contribution in [0.25, 0.3) is 0 Å². The molecule has 0 aromatic heterocycles. The van der Waals surface area contributed by atoms with E-state index in [2.05, 4.69) is 0 Å². The molecule has 2 rings (SSSR count). The molecule has 1 fully saturated rings. The van der Waals surface area contributed by atoms with Crippen molar-refractivity contribution in [2.24, 2.45) is 17.8 Å². The molecule has 0 aromatic carbocycles. The summed E-state index contributed by atoms with van der Waals surface area (Å²) >= 11 is 0. The van der Waals surface area contributed by atoms with Gasteiger partial charge in [-0.15, -0.1) is 0 Å². The Balaban J connectivity index is 0.000000980. The van der Waals surface area contributed by atoms with Crippen molar-refractivity contribution < 1.29 is 66.4 Å². The van der Waals surface area contributed by atoms with Crippen molar-refractivity contribution in [2.75, 3.05) is 0 Å². The molecule has 2 aliphatic carbocycles. The van der Waals surface area contributed by atoms with Crippen LogP contribution in [-0.4, -0.2) is 17.2 Å². The van der Waals surface area contributed by atoms with Crippen LogP contribution in [0.2, 0.25) is 0 Å². The first-order valence-corrected chi connectivity index (χ1v) is 4.77. The largest absolute Gasteiger partial charge is 1.00 e. The van der Waals surface area contributed by atoms with Crippen molar-refractivity contribution in [2.45, 2.75) is 25.4 Å². The molecule has 1 saturated carbocycles. The standard InChI is InChI=1S/C10H14O3.K/c11-7-5-3-1-2-4-6-8(7)9(6)10(12)13;/h3,5-9,11H,1-2,4H2,(H,12,13);/q;+1/p-1/b5-3+;/t6-,7+,8-,9-;/m0./s1. The molecule has 0 spiro atoms. The van der Waals surface area contributed by atoms with Crippen LogP contribution in [0.15, 0.2) is 12.2 Å². The quantitative estimate of drug-likeness (QED) is 0.372. The molecule has 4 heteroatoms. The van der Waals surface area contributed by atoms with E-state index >= 15 is 0 Å². The number of rotatable bonds is 1. The fourth-order valence-corrected chi connectivity index (χ4v) is 2.41. The molecule has 0 saturated heterocycles. The van der Waals surface area contributed by atoms with E-state index in [-0.39, 0.29) is 63.2 Å². The Hall–Kier alpha value is 0.806. The molecule has 0 unspecified atom stereocenters. The SMILES string of the molecule is O=C([O-])[C@H]1[C@H]2CCC/C=C/[C@@H](O)[C@H]21.[K+]. The van der Waals surface area contributed by atoms with Gasteiger partial charge in [0.05, 0.1) is 6.10 Å². The van der Waals surface area contributed by atoms with Gasteiger partial charge in [0.2, 0.25) is 0 Å². The molecular formula is C10H13KO3. The maximum absolute atomic E-state index is 10.7. The van der Waals surface area contributed by atoms with E-state index in [0.29, 0.717) is 0 Å². The predicted molar refractivity (Wildman–Crippen MR) is 44.5 cm³/mol. The van der Waals surface area contributed by atoms with E-state index in [9.17, 15) is 15.0 Å². The molecule has 0 aliphatic heterocycles. The van der Waals surface area contributed by atoms with Gasteiger partial charge in [0.25, 0.3) is 0 Å². The van der Waals surface area contributed by atoms with Gasteiger partial charge in [0.15, 0.2) is 0 Å². The van der Waals surface area contributed by atoms with Crippen molar-refractivity contribution in [1.82, 2.24) is 0 Å². The summed E-state index contributed by atoms with van der Waals surface area (Å²) in [4.78, 5) is 10.7. The zero-order valence-corrected chi connectivity index (χ0v) is 11.5. The number of hydrogen-bond acceptors (Lipinski definition) is 3. The molecule has 0 amide bonds. The second-order valence-electron chi connectivity index (χ2n) is 3.94. The molecule has 0 heterocycles. The fourth-order valence-electron chi connectivity index (χ4n) is 2.41. The summed E-state index contributed by atoms with van der Waals surface area (Å²) in [6, 6.07) is 0. The van der Waals surface area contributed by atoms with Crippen molar-refractivity contribution in [1.29, 1.82) is 0 Å². The topological polar surface area (TPSA) is 60.4 Å². The van der Waals surface area contributed by atoms with Gasteiger partial charge >= 0.3 is 51.4 Å². The summed E-state index contributed by atoms with van der Waals surface area (Å²) < 4.78 is 0. The van der Waals surface area contributed by atoms with E-state index in [1.54, 1.807) is 6.08 Å². The number of carbonyl (C=O) groups is 1. The minimum Gasteiger partial charge on any atom is -0.550 e. The van der Waals surface area contributed by atoms with Gasteiger partial charge in [-0.25, -0.2) is 0 Å². The smallest absolute Gasteiger partial charge is 0.550 e. The molecule has 3 nitrogen and oxygen atoms in total. The molecule has 14 heavy (non-hydrogen) atoms. The number of aliphatic hydroxyl groups excluding tert-OH is 1. The van der Waals surface area contributed by atoms with Crippen molar-refractivity contribution in [3.05, 3.63) is 12.2 Å². The maximum atomic E-state index is 10.7. The molecule has 72 valence electrons. The summed E-state index contributed by atoms with van der Waals surface area (Å²) in [6.45, 7) is 0. The molecule has 4 atom stereocenters. The third kappa shape index (κ3) is 2.48. The first kappa shape index (κ1) is 12.9. The number of aliphatic carboxylic acids is 1. The monoisotopic (exact) mass is 220 g/mol. The molecule has 0 aromatic rings. The van der Waals surface area contributed by atoms with Gasteiger partial charge < -0.3 is 15.0 Å². The van der Waals surface area contributed by atoms with Crippen molar-refractivity contribution in [3.63, 3.8) is 0 Å². The zero-order chi connectivity index (χ0) is 9.42. The van der Waals surface area contributed by atoms with Crippen LogP contribution in [0.3, 0.4) is 0 Å². The van der Waals surface area contributed by atoms with Crippen molar-refractivity contribution >= 4 is 5.97 Å². The zero-order valence-electron chi connectivity index (χ0n) is 8.35. The van der Waals surface area contributed by atoms with Gasteiger partial charge in [-0.05, 0) is 25.2 Å². The molecule has 1 N–H and O–H groups in total. The average Bonchev–Trinajstić information content (AvgIpc) is 2.74. The number of hydrogen-bond donors (Lipinski definition) is 1. The van der Waals surface area contributed by atoms with E-state index in [1.807, 2.05) is 6.08 Å². The van der Waals surface area contributed by atoms with Gasteiger partial charge in [0.1, 0.15) is 0 Å². The predicted octanol–water partition coefficient (Wildman–Crippen LogP) is -3.30. The van der Waals surface area contributed by atoms with E-state index in [0.717, 1.165) is 19.3 Å². The maximum Gasteiger partial charge on any atom is 1.00 e. The molecule has 0 bridgehead atoms. The Kier molecular flexibility index (Phi) is 4.81. The molecular weight excluding hydrogens is 207 g/mol. The first-order chi connectivity index (χ1) is 6.22. The summed E-state index contributed by atoms with van der Waals surface area (Å²) in [6.07, 6.45) is 5.96. The summed E-state index contributed by atoms with van der Waals surface area (Å²) in [5, 5.41) is 20.2. The van der Waals surface area contributed by atoms with Crippen LogP contribution in [-0.2, 0) is 4.79 Å². The van der Waals surface area contributed by atoms with Gasteiger partial charge in [-0.2, -0.15) is 0 Å². The molecule has 0 radical (unpaired) electrons. The summed E-state index contributed by atoms with van der Waals surface area (Å²) in [5.41, 5.74) is 0. The fraction of sp³-hybridized carbons (Fsp3) is 0.700. The van der Waals surface area contributed by atoms with Crippen LogP contribution >= 0.6 is 0 Å². The number of carboxylic acid groups (broad SMARTS) is 1. The average molecular weight is 220 g/mol. The Morgan fingerprint density at radius 2 is 2.21 bits per heavy atom. The first-order valence-electron chi connectivity index (χ1n) is 4.77. The van der Waals surface area contributed by atoms with Gasteiger partial charge in [-0.3, -0.25) is 0 Å². The number of fused-ring (bicyclic) bond motifs is 1. The van der Waals surface area contributed by atoms with Crippen LogP contribution in [0.4, 0.5) is 0 Å².